The van der Waals surface area contributed by atoms with Gasteiger partial charge in [-0.05, 0) is 32.4 Å². The number of carbonyl (C=O) groups is 1. The average Bonchev–Trinajstić information content (AvgIpc) is 2.48. The van der Waals surface area contributed by atoms with Crippen LogP contribution in [0.25, 0.3) is 10.9 Å². The summed E-state index contributed by atoms with van der Waals surface area (Å²) >= 11 is 0. The zero-order valence-electron chi connectivity index (χ0n) is 13.3. The maximum Gasteiger partial charge on any atom is 0.261 e. The normalized spacial score (nSPS) is 10.7. The first-order valence-corrected chi connectivity index (χ1v) is 7.31. The predicted octanol–water partition coefficient (Wildman–Crippen LogP) is 2.13. The van der Waals surface area contributed by atoms with E-state index in [9.17, 15) is 9.59 Å². The molecule has 1 aromatic heterocycles. The molecule has 1 amide bonds. The van der Waals surface area contributed by atoms with E-state index in [1.807, 2.05) is 32.9 Å². The Labute approximate surface area is 129 Å². The smallest absolute Gasteiger partial charge is 0.261 e. The van der Waals surface area contributed by atoms with Crippen molar-refractivity contribution >= 4 is 16.8 Å². The number of aryl methyl sites for hydroxylation is 1. The molecule has 0 saturated heterocycles. The molecular formula is C17H21N3O2. The zero-order valence-corrected chi connectivity index (χ0v) is 13.3. The molecule has 0 atom stereocenters. The van der Waals surface area contributed by atoms with Crippen molar-refractivity contribution < 1.29 is 4.79 Å². The highest BCUT2D eigenvalue weighted by molar-refractivity contribution is 5.81. The van der Waals surface area contributed by atoms with Crippen molar-refractivity contribution in [1.82, 2.24) is 14.5 Å². The number of aromatic nitrogens is 2. The van der Waals surface area contributed by atoms with E-state index < -0.39 is 0 Å². The van der Waals surface area contributed by atoms with Crippen molar-refractivity contribution in [1.29, 1.82) is 0 Å². The highest BCUT2D eigenvalue weighted by Crippen LogP contribution is 2.11. The molecule has 22 heavy (non-hydrogen) atoms. The minimum Gasteiger partial charge on any atom is -0.337 e. The Morgan fingerprint density at radius 3 is 2.77 bits per heavy atom. The van der Waals surface area contributed by atoms with Gasteiger partial charge in [-0.25, -0.2) is 4.98 Å². The number of carbonyl (C=O) groups excluding carboxylic acids is 1. The fourth-order valence-corrected chi connectivity index (χ4v) is 2.40. The minimum absolute atomic E-state index is 0.00314. The third-order valence-electron chi connectivity index (χ3n) is 3.56. The summed E-state index contributed by atoms with van der Waals surface area (Å²) in [6.45, 7) is 10.6. The Morgan fingerprint density at radius 2 is 2.14 bits per heavy atom. The SMILES string of the molecule is C=C(C)CN(CC)C(=O)Cn1cnc2c(C)cccc2c1=O. The van der Waals surface area contributed by atoms with E-state index in [2.05, 4.69) is 11.6 Å². The van der Waals surface area contributed by atoms with Gasteiger partial charge < -0.3 is 4.90 Å². The molecule has 0 unspecified atom stereocenters. The molecule has 0 saturated carbocycles. The molecule has 116 valence electrons. The van der Waals surface area contributed by atoms with Gasteiger partial charge in [-0.3, -0.25) is 14.2 Å². The predicted molar refractivity (Wildman–Crippen MR) is 87.8 cm³/mol. The van der Waals surface area contributed by atoms with Crippen molar-refractivity contribution in [2.75, 3.05) is 13.1 Å². The van der Waals surface area contributed by atoms with Gasteiger partial charge in [-0.15, -0.1) is 0 Å². The Bertz CT molecular complexity index is 777. The van der Waals surface area contributed by atoms with Crippen LogP contribution in [0.15, 0.2) is 41.5 Å². The van der Waals surface area contributed by atoms with Crippen molar-refractivity contribution in [3.05, 3.63) is 52.6 Å². The molecule has 0 N–H and O–H groups in total. The number of nitrogens with zero attached hydrogens (tertiary/aromatic N) is 3. The first-order chi connectivity index (χ1) is 10.4. The molecule has 0 bridgehead atoms. The molecule has 5 heteroatoms. The molecule has 0 aliphatic rings. The van der Waals surface area contributed by atoms with Crippen LogP contribution in [0.1, 0.15) is 19.4 Å². The lowest BCUT2D eigenvalue weighted by Crippen LogP contribution is -2.37. The summed E-state index contributed by atoms with van der Waals surface area (Å²) in [5.74, 6) is -0.110. The maximum atomic E-state index is 12.5. The molecule has 5 nitrogen and oxygen atoms in total. The van der Waals surface area contributed by atoms with Gasteiger partial charge in [-0.2, -0.15) is 0 Å². The number of benzene rings is 1. The Morgan fingerprint density at radius 1 is 1.41 bits per heavy atom. The summed E-state index contributed by atoms with van der Waals surface area (Å²) in [6, 6.07) is 5.48. The van der Waals surface area contributed by atoms with Gasteiger partial charge in [0, 0.05) is 13.1 Å². The van der Waals surface area contributed by atoms with Gasteiger partial charge >= 0.3 is 0 Å². The maximum absolute atomic E-state index is 12.5. The lowest BCUT2D eigenvalue weighted by molar-refractivity contribution is -0.131. The Balaban J connectivity index is 2.32. The molecule has 1 heterocycles. The highest BCUT2D eigenvalue weighted by Gasteiger charge is 2.14. The van der Waals surface area contributed by atoms with Crippen molar-refractivity contribution in [3.8, 4) is 0 Å². The lowest BCUT2D eigenvalue weighted by atomic mass is 10.1. The summed E-state index contributed by atoms with van der Waals surface area (Å²) < 4.78 is 1.37. The van der Waals surface area contributed by atoms with Crippen LogP contribution in [-0.4, -0.2) is 33.4 Å². The van der Waals surface area contributed by atoms with Crippen molar-refractivity contribution in [2.24, 2.45) is 0 Å². The van der Waals surface area contributed by atoms with Gasteiger partial charge in [-0.1, -0.05) is 24.3 Å². The van der Waals surface area contributed by atoms with E-state index >= 15 is 0 Å². The number of rotatable bonds is 5. The number of fused-ring (bicyclic) bond motifs is 1. The highest BCUT2D eigenvalue weighted by atomic mass is 16.2. The molecule has 1 aromatic carbocycles. The molecule has 2 aromatic rings. The first kappa shape index (κ1) is 15.9. The summed E-state index contributed by atoms with van der Waals surface area (Å²) in [6.07, 6.45) is 1.45. The number of likely N-dealkylation sites (N-methyl/N-ethyl adjacent to an activating group) is 1. The third-order valence-corrected chi connectivity index (χ3v) is 3.56. The van der Waals surface area contributed by atoms with Gasteiger partial charge in [0.1, 0.15) is 6.54 Å². The van der Waals surface area contributed by atoms with E-state index in [0.29, 0.717) is 24.0 Å². The van der Waals surface area contributed by atoms with Crippen LogP contribution >= 0.6 is 0 Å². The van der Waals surface area contributed by atoms with Gasteiger partial charge in [0.05, 0.1) is 17.2 Å². The van der Waals surface area contributed by atoms with Gasteiger partial charge in [0.25, 0.3) is 5.56 Å². The number of hydrogen-bond acceptors (Lipinski definition) is 3. The van der Waals surface area contributed by atoms with E-state index in [4.69, 9.17) is 0 Å². The van der Waals surface area contributed by atoms with Crippen LogP contribution in [0.4, 0.5) is 0 Å². The number of para-hydroxylation sites is 1. The van der Waals surface area contributed by atoms with E-state index in [1.165, 1.54) is 10.9 Å². The molecule has 2 rings (SSSR count). The zero-order chi connectivity index (χ0) is 16.3. The van der Waals surface area contributed by atoms with Crippen LogP contribution < -0.4 is 5.56 Å². The fraction of sp³-hybridized carbons (Fsp3) is 0.353. The van der Waals surface area contributed by atoms with Crippen LogP contribution in [0, 0.1) is 6.92 Å². The van der Waals surface area contributed by atoms with E-state index in [0.717, 1.165) is 11.1 Å². The van der Waals surface area contributed by atoms with Gasteiger partial charge in [0.15, 0.2) is 0 Å². The number of amides is 1. The largest absolute Gasteiger partial charge is 0.337 e. The topological polar surface area (TPSA) is 55.2 Å². The Kier molecular flexibility index (Phi) is 4.75. The molecule has 0 spiro atoms. The minimum atomic E-state index is -0.187. The quantitative estimate of drug-likeness (QED) is 0.795. The fourth-order valence-electron chi connectivity index (χ4n) is 2.40. The van der Waals surface area contributed by atoms with Crippen molar-refractivity contribution in [3.63, 3.8) is 0 Å². The summed E-state index contributed by atoms with van der Waals surface area (Å²) in [4.78, 5) is 30.8. The second kappa shape index (κ2) is 6.56. The summed E-state index contributed by atoms with van der Waals surface area (Å²) in [5.41, 5.74) is 2.36. The van der Waals surface area contributed by atoms with Crippen LogP contribution in [-0.2, 0) is 11.3 Å². The Hall–Kier alpha value is -2.43. The van der Waals surface area contributed by atoms with Crippen LogP contribution in [0.3, 0.4) is 0 Å². The summed E-state index contributed by atoms with van der Waals surface area (Å²) in [5, 5.41) is 0.540. The van der Waals surface area contributed by atoms with Gasteiger partial charge in [0.2, 0.25) is 5.91 Å². The lowest BCUT2D eigenvalue weighted by Gasteiger charge is -2.21. The first-order valence-electron chi connectivity index (χ1n) is 7.31. The monoisotopic (exact) mass is 299 g/mol. The van der Waals surface area contributed by atoms with Crippen molar-refractivity contribution in [2.45, 2.75) is 27.3 Å². The number of hydrogen-bond donors (Lipinski definition) is 0. The molecule has 0 radical (unpaired) electrons. The molecule has 0 aliphatic heterocycles. The van der Waals surface area contributed by atoms with E-state index in [-0.39, 0.29) is 18.0 Å². The van der Waals surface area contributed by atoms with E-state index in [1.54, 1.807) is 11.0 Å². The third kappa shape index (κ3) is 3.24. The average molecular weight is 299 g/mol. The van der Waals surface area contributed by atoms with Crippen LogP contribution in [0.2, 0.25) is 0 Å². The standard InChI is InChI=1S/C17H21N3O2/c1-5-19(9-12(2)3)15(21)10-20-11-18-16-13(4)7-6-8-14(16)17(20)22/h6-8,11H,2,5,9-10H2,1,3-4H3. The second-order valence-electron chi connectivity index (χ2n) is 5.51. The molecular weight excluding hydrogens is 278 g/mol. The summed E-state index contributed by atoms with van der Waals surface area (Å²) in [7, 11) is 0. The molecule has 0 aliphatic carbocycles. The molecule has 0 fully saturated rings. The second-order valence-corrected chi connectivity index (χ2v) is 5.51. The van der Waals surface area contributed by atoms with Crippen LogP contribution in [0.5, 0.6) is 0 Å².